The lowest BCUT2D eigenvalue weighted by atomic mass is 10.2. The van der Waals surface area contributed by atoms with E-state index in [1.807, 2.05) is 30.3 Å². The fourth-order valence-corrected chi connectivity index (χ4v) is 1.70. The number of ketones is 1. The first-order valence-corrected chi connectivity index (χ1v) is 7.18. The van der Waals surface area contributed by atoms with E-state index in [4.69, 9.17) is 0 Å². The molecule has 3 heteroatoms. The molecule has 1 aromatic rings. The topological polar surface area (TPSA) is 20.3 Å². The lowest BCUT2D eigenvalue weighted by Crippen LogP contribution is -2.21. The maximum atomic E-state index is 11.0. The summed E-state index contributed by atoms with van der Waals surface area (Å²) in [7, 11) is 0. The zero-order valence-electron chi connectivity index (χ0n) is 10.9. The number of nitrogens with zero attached hydrogens (tertiary/aromatic N) is 1. The van der Waals surface area contributed by atoms with Gasteiger partial charge in [0, 0.05) is 5.56 Å². The Kier molecular flexibility index (Phi) is 10.1. The van der Waals surface area contributed by atoms with Gasteiger partial charge in [0.05, 0.1) is 5.33 Å². The van der Waals surface area contributed by atoms with Crippen LogP contribution in [-0.2, 0) is 0 Å². The molecule has 0 aromatic heterocycles. The van der Waals surface area contributed by atoms with Gasteiger partial charge in [0.15, 0.2) is 5.78 Å². The third-order valence-corrected chi connectivity index (χ3v) is 3.07. The summed E-state index contributed by atoms with van der Waals surface area (Å²) in [6.07, 6.45) is 0. The lowest BCUT2D eigenvalue weighted by Gasteiger charge is -2.13. The van der Waals surface area contributed by atoms with Crippen molar-refractivity contribution in [3.63, 3.8) is 0 Å². The molecule has 0 fully saturated rings. The molecule has 0 spiro atoms. The molecule has 2 nitrogen and oxygen atoms in total. The van der Waals surface area contributed by atoms with Crippen LogP contribution in [0.2, 0.25) is 0 Å². The minimum absolute atomic E-state index is 0.126. The first-order chi connectivity index (χ1) is 8.19. The predicted octanol–water partition coefficient (Wildman–Crippen LogP) is 3.61. The molecule has 0 aliphatic carbocycles. The van der Waals surface area contributed by atoms with Gasteiger partial charge < -0.3 is 4.90 Å². The Labute approximate surface area is 113 Å². The summed E-state index contributed by atoms with van der Waals surface area (Å²) in [6, 6.07) is 9.23. The molecule has 0 saturated carbocycles. The molecular formula is C14H22BrNO. The number of halogens is 1. The molecule has 1 rings (SSSR count). The van der Waals surface area contributed by atoms with Crippen LogP contribution < -0.4 is 0 Å². The van der Waals surface area contributed by atoms with Crippen molar-refractivity contribution in [2.45, 2.75) is 20.8 Å². The van der Waals surface area contributed by atoms with E-state index in [1.54, 1.807) is 0 Å². The van der Waals surface area contributed by atoms with Gasteiger partial charge in [0.1, 0.15) is 0 Å². The van der Waals surface area contributed by atoms with E-state index >= 15 is 0 Å². The Morgan fingerprint density at radius 2 is 1.53 bits per heavy atom. The summed E-state index contributed by atoms with van der Waals surface area (Å²) < 4.78 is 0. The third kappa shape index (κ3) is 7.29. The average molecular weight is 300 g/mol. The molecule has 0 amide bonds. The summed E-state index contributed by atoms with van der Waals surface area (Å²) in [6.45, 7) is 10.1. The summed E-state index contributed by atoms with van der Waals surface area (Å²) in [5, 5.41) is 0.400. The first kappa shape index (κ1) is 16.3. The molecule has 0 atom stereocenters. The molecule has 0 N–H and O–H groups in total. The van der Waals surface area contributed by atoms with Gasteiger partial charge in [0.2, 0.25) is 0 Å². The van der Waals surface area contributed by atoms with E-state index in [1.165, 1.54) is 19.6 Å². The number of carbonyl (C=O) groups excluding carboxylic acids is 1. The summed E-state index contributed by atoms with van der Waals surface area (Å²) in [5.74, 6) is 0.126. The van der Waals surface area contributed by atoms with Crippen molar-refractivity contribution in [3.8, 4) is 0 Å². The molecule has 0 saturated heterocycles. The maximum Gasteiger partial charge on any atom is 0.173 e. The number of hydrogen-bond acceptors (Lipinski definition) is 2. The third-order valence-electron chi connectivity index (χ3n) is 2.56. The van der Waals surface area contributed by atoms with Gasteiger partial charge >= 0.3 is 0 Å². The second kappa shape index (κ2) is 10.5. The van der Waals surface area contributed by atoms with Gasteiger partial charge in [0.25, 0.3) is 0 Å². The summed E-state index contributed by atoms with van der Waals surface area (Å²) in [5.41, 5.74) is 0.763. The van der Waals surface area contributed by atoms with E-state index in [-0.39, 0.29) is 5.78 Å². The Morgan fingerprint density at radius 3 is 1.82 bits per heavy atom. The lowest BCUT2D eigenvalue weighted by molar-refractivity contribution is 0.102. The number of alkyl halides is 1. The molecular weight excluding hydrogens is 278 g/mol. The largest absolute Gasteiger partial charge is 0.304 e. The maximum absolute atomic E-state index is 11.0. The number of rotatable bonds is 5. The Balaban J connectivity index is 0.000000325. The van der Waals surface area contributed by atoms with Crippen LogP contribution in [0.25, 0.3) is 0 Å². The quantitative estimate of drug-likeness (QED) is 0.611. The van der Waals surface area contributed by atoms with Crippen molar-refractivity contribution in [2.24, 2.45) is 0 Å². The van der Waals surface area contributed by atoms with Crippen LogP contribution in [0, 0.1) is 0 Å². The average Bonchev–Trinajstić information content (AvgIpc) is 2.41. The van der Waals surface area contributed by atoms with Crippen LogP contribution in [0.5, 0.6) is 0 Å². The van der Waals surface area contributed by atoms with Gasteiger partial charge in [-0.15, -0.1) is 0 Å². The normalized spacial score (nSPS) is 9.71. The monoisotopic (exact) mass is 299 g/mol. The number of hydrogen-bond donors (Lipinski definition) is 0. The second-order valence-corrected chi connectivity index (χ2v) is 4.10. The van der Waals surface area contributed by atoms with Crippen LogP contribution >= 0.6 is 15.9 Å². The van der Waals surface area contributed by atoms with Gasteiger partial charge in [-0.05, 0) is 19.6 Å². The minimum atomic E-state index is 0.126. The zero-order valence-corrected chi connectivity index (χ0v) is 12.5. The SMILES string of the molecule is CCN(CC)CC.O=C(CBr)c1ccccc1. The van der Waals surface area contributed by atoms with Crippen LogP contribution in [0.4, 0.5) is 0 Å². The van der Waals surface area contributed by atoms with E-state index in [9.17, 15) is 4.79 Å². The molecule has 0 radical (unpaired) electrons. The highest BCUT2D eigenvalue weighted by Crippen LogP contribution is 2.01. The Bertz CT molecular complexity index is 291. The van der Waals surface area contributed by atoms with Crippen molar-refractivity contribution in [3.05, 3.63) is 35.9 Å². The summed E-state index contributed by atoms with van der Waals surface area (Å²) >= 11 is 3.10. The van der Waals surface area contributed by atoms with Crippen molar-refractivity contribution in [1.29, 1.82) is 0 Å². The predicted molar refractivity (Wildman–Crippen MR) is 78.0 cm³/mol. The zero-order chi connectivity index (χ0) is 13.1. The van der Waals surface area contributed by atoms with Gasteiger partial charge in [-0.3, -0.25) is 4.79 Å². The highest BCUT2D eigenvalue weighted by atomic mass is 79.9. The van der Waals surface area contributed by atoms with Gasteiger partial charge in [-0.2, -0.15) is 0 Å². The fraction of sp³-hybridized carbons (Fsp3) is 0.500. The van der Waals surface area contributed by atoms with Crippen molar-refractivity contribution < 1.29 is 4.79 Å². The fourth-order valence-electron chi connectivity index (χ4n) is 1.37. The number of carbonyl (C=O) groups is 1. The standard InChI is InChI=1S/C8H7BrO.C6H15N/c9-6-8(10)7-4-2-1-3-5-7;1-4-7(5-2)6-3/h1-5H,6H2;4-6H2,1-3H3. The van der Waals surface area contributed by atoms with Gasteiger partial charge in [-0.1, -0.05) is 67.0 Å². The molecule has 0 bridgehead atoms. The summed E-state index contributed by atoms with van der Waals surface area (Å²) in [4.78, 5) is 13.3. The van der Waals surface area contributed by atoms with E-state index in [0.29, 0.717) is 5.33 Å². The number of Topliss-reactive ketones (excluding diaryl/α,β-unsaturated/α-hetero) is 1. The molecule has 0 unspecified atom stereocenters. The molecule has 0 heterocycles. The van der Waals surface area contributed by atoms with Crippen LogP contribution in [0.1, 0.15) is 31.1 Å². The minimum Gasteiger partial charge on any atom is -0.304 e. The Morgan fingerprint density at radius 1 is 1.06 bits per heavy atom. The molecule has 96 valence electrons. The molecule has 1 aromatic carbocycles. The highest BCUT2D eigenvalue weighted by Gasteiger charge is 1.99. The van der Waals surface area contributed by atoms with Crippen molar-refractivity contribution >= 4 is 21.7 Å². The number of benzene rings is 1. The van der Waals surface area contributed by atoms with Crippen molar-refractivity contribution in [1.82, 2.24) is 4.90 Å². The van der Waals surface area contributed by atoms with E-state index < -0.39 is 0 Å². The van der Waals surface area contributed by atoms with Crippen LogP contribution in [0.3, 0.4) is 0 Å². The van der Waals surface area contributed by atoms with Gasteiger partial charge in [-0.25, -0.2) is 0 Å². The molecule has 0 aliphatic heterocycles. The first-order valence-electron chi connectivity index (χ1n) is 6.06. The van der Waals surface area contributed by atoms with Crippen molar-refractivity contribution in [2.75, 3.05) is 25.0 Å². The second-order valence-electron chi connectivity index (χ2n) is 3.54. The highest BCUT2D eigenvalue weighted by molar-refractivity contribution is 9.09. The van der Waals surface area contributed by atoms with Crippen LogP contribution in [0.15, 0.2) is 30.3 Å². The van der Waals surface area contributed by atoms with E-state index in [2.05, 4.69) is 41.6 Å². The van der Waals surface area contributed by atoms with E-state index in [0.717, 1.165) is 5.56 Å². The van der Waals surface area contributed by atoms with Crippen LogP contribution in [-0.4, -0.2) is 35.6 Å². The molecule has 0 aliphatic rings. The smallest absolute Gasteiger partial charge is 0.173 e. The molecule has 17 heavy (non-hydrogen) atoms. The Hall–Kier alpha value is -0.670.